The van der Waals surface area contributed by atoms with Crippen LogP contribution in [0.25, 0.3) is 27.8 Å². The van der Waals surface area contributed by atoms with Crippen molar-refractivity contribution in [1.82, 2.24) is 14.7 Å². The molecule has 0 N–H and O–H groups in total. The molecule has 0 aliphatic heterocycles. The van der Waals surface area contributed by atoms with Gasteiger partial charge in [-0.15, -0.1) is 0 Å². The van der Waals surface area contributed by atoms with Gasteiger partial charge in [-0.1, -0.05) is 24.4 Å². The van der Waals surface area contributed by atoms with Gasteiger partial charge in [0.15, 0.2) is 9.84 Å². The first-order chi connectivity index (χ1) is 15.2. The summed E-state index contributed by atoms with van der Waals surface area (Å²) in [4.78, 5) is 4.47. The molecular formula is C24H24FN3O3S. The van der Waals surface area contributed by atoms with Crippen LogP contribution in [-0.2, 0) is 16.3 Å². The molecule has 0 saturated heterocycles. The molecule has 3 aromatic heterocycles. The van der Waals surface area contributed by atoms with Gasteiger partial charge in [0, 0.05) is 35.5 Å². The zero-order chi connectivity index (χ0) is 22.6. The third-order valence-corrected chi connectivity index (χ3v) is 7.49. The molecule has 1 aliphatic rings. The lowest BCUT2D eigenvalue weighted by molar-refractivity contribution is 0.315. The van der Waals surface area contributed by atoms with Crippen LogP contribution >= 0.6 is 0 Å². The number of halogens is 1. The number of hydrogen-bond acceptors (Lipinski definition) is 5. The molecular weight excluding hydrogens is 429 g/mol. The second-order valence-corrected chi connectivity index (χ2v) is 10.7. The van der Waals surface area contributed by atoms with Crippen molar-refractivity contribution in [2.75, 3.05) is 6.26 Å². The molecule has 4 aromatic rings. The van der Waals surface area contributed by atoms with E-state index in [1.165, 1.54) is 31.4 Å². The topological polar surface area (TPSA) is 78.0 Å². The Bertz CT molecular complexity index is 1430. The predicted molar refractivity (Wildman–Crippen MR) is 120 cm³/mol. The monoisotopic (exact) mass is 453 g/mol. The minimum absolute atomic E-state index is 0.304. The summed E-state index contributed by atoms with van der Waals surface area (Å²) in [6, 6.07) is 6.24. The standard InChI is InChI=1S/C24H24FN3O3S/c1-14-23(15(2)31-27-14)17-10-21-24(26-12-17)18(9-16-5-4-6-16)13-28(21)19-7-8-22(20(25)11-19)32(3,29)30/h7-8,10-13,16H,4-6,9H2,1-3H3. The Kier molecular flexibility index (Phi) is 4.93. The average Bonchev–Trinajstić information content (AvgIpc) is 3.22. The summed E-state index contributed by atoms with van der Waals surface area (Å²) in [5.74, 6) is 0.588. The van der Waals surface area contributed by atoms with Gasteiger partial charge in [0.25, 0.3) is 0 Å². The van der Waals surface area contributed by atoms with Crippen molar-refractivity contribution in [2.24, 2.45) is 5.92 Å². The lowest BCUT2D eigenvalue weighted by atomic mass is 9.81. The highest BCUT2D eigenvalue weighted by molar-refractivity contribution is 7.90. The van der Waals surface area contributed by atoms with Gasteiger partial charge in [-0.25, -0.2) is 12.8 Å². The number of aryl methyl sites for hydroxylation is 2. The van der Waals surface area contributed by atoms with Crippen molar-refractivity contribution in [2.45, 2.75) is 44.4 Å². The van der Waals surface area contributed by atoms with E-state index in [-0.39, 0.29) is 4.90 Å². The average molecular weight is 454 g/mol. The van der Waals surface area contributed by atoms with Crippen molar-refractivity contribution in [3.8, 4) is 16.8 Å². The molecule has 1 saturated carbocycles. The quantitative estimate of drug-likeness (QED) is 0.416. The first-order valence-electron chi connectivity index (χ1n) is 10.7. The Balaban J connectivity index is 1.70. The fourth-order valence-electron chi connectivity index (χ4n) is 4.51. The van der Waals surface area contributed by atoms with Gasteiger partial charge in [0.2, 0.25) is 0 Å². The van der Waals surface area contributed by atoms with Crippen molar-refractivity contribution in [1.29, 1.82) is 0 Å². The van der Waals surface area contributed by atoms with Crippen LogP contribution < -0.4 is 0 Å². The lowest BCUT2D eigenvalue weighted by Crippen LogP contribution is -2.13. The molecule has 0 unspecified atom stereocenters. The molecule has 0 atom stereocenters. The summed E-state index contributed by atoms with van der Waals surface area (Å²) in [6.07, 6.45) is 9.44. The number of fused-ring (bicyclic) bond motifs is 1. The lowest BCUT2D eigenvalue weighted by Gasteiger charge is -2.24. The minimum Gasteiger partial charge on any atom is -0.361 e. The summed E-state index contributed by atoms with van der Waals surface area (Å²) in [5.41, 5.74) is 5.92. The molecule has 3 heterocycles. The first kappa shape index (κ1) is 20.9. The predicted octanol–water partition coefficient (Wildman–Crippen LogP) is 5.18. The molecule has 8 heteroatoms. The Morgan fingerprint density at radius 3 is 2.59 bits per heavy atom. The van der Waals surface area contributed by atoms with Crippen molar-refractivity contribution in [3.05, 3.63) is 59.5 Å². The second-order valence-electron chi connectivity index (χ2n) is 8.70. The van der Waals surface area contributed by atoms with E-state index in [1.54, 1.807) is 6.07 Å². The molecule has 32 heavy (non-hydrogen) atoms. The third kappa shape index (κ3) is 3.52. The molecule has 5 rings (SSSR count). The molecule has 0 amide bonds. The Morgan fingerprint density at radius 2 is 2.00 bits per heavy atom. The van der Waals surface area contributed by atoms with E-state index >= 15 is 0 Å². The Labute approximate surface area is 186 Å². The smallest absolute Gasteiger partial charge is 0.178 e. The number of hydrogen-bond donors (Lipinski definition) is 0. The highest BCUT2D eigenvalue weighted by Gasteiger charge is 2.23. The Hall–Kier alpha value is -3.00. The van der Waals surface area contributed by atoms with Crippen LogP contribution in [0.2, 0.25) is 0 Å². The molecule has 166 valence electrons. The van der Waals surface area contributed by atoms with Gasteiger partial charge >= 0.3 is 0 Å². The number of aromatic nitrogens is 3. The molecule has 1 aliphatic carbocycles. The zero-order valence-electron chi connectivity index (χ0n) is 18.2. The maximum atomic E-state index is 14.7. The summed E-state index contributed by atoms with van der Waals surface area (Å²) in [7, 11) is -3.64. The fourth-order valence-corrected chi connectivity index (χ4v) is 5.24. The van der Waals surface area contributed by atoms with Crippen LogP contribution in [-0.4, -0.2) is 29.4 Å². The van der Waals surface area contributed by atoms with E-state index in [9.17, 15) is 12.8 Å². The van der Waals surface area contributed by atoms with Gasteiger partial charge < -0.3 is 9.09 Å². The van der Waals surface area contributed by atoms with Gasteiger partial charge in [0.1, 0.15) is 16.5 Å². The van der Waals surface area contributed by atoms with Crippen molar-refractivity contribution in [3.63, 3.8) is 0 Å². The normalized spacial score (nSPS) is 14.8. The first-order valence-corrected chi connectivity index (χ1v) is 12.5. The molecule has 0 radical (unpaired) electrons. The molecule has 1 aromatic carbocycles. The summed E-state index contributed by atoms with van der Waals surface area (Å²) < 4.78 is 45.6. The van der Waals surface area contributed by atoms with Crippen LogP contribution in [0, 0.1) is 25.6 Å². The van der Waals surface area contributed by atoms with Crippen LogP contribution in [0.1, 0.15) is 36.3 Å². The van der Waals surface area contributed by atoms with Gasteiger partial charge in [-0.05, 0) is 56.0 Å². The molecule has 0 spiro atoms. The van der Waals surface area contributed by atoms with E-state index in [4.69, 9.17) is 9.51 Å². The van der Waals surface area contributed by atoms with Gasteiger partial charge in [-0.3, -0.25) is 4.98 Å². The Morgan fingerprint density at radius 1 is 1.22 bits per heavy atom. The largest absolute Gasteiger partial charge is 0.361 e. The maximum Gasteiger partial charge on any atom is 0.178 e. The van der Waals surface area contributed by atoms with Crippen LogP contribution in [0.15, 0.2) is 46.1 Å². The zero-order valence-corrected chi connectivity index (χ0v) is 19.0. The highest BCUT2D eigenvalue weighted by Crippen LogP contribution is 2.35. The number of benzene rings is 1. The minimum atomic E-state index is -3.64. The number of rotatable bonds is 5. The van der Waals surface area contributed by atoms with Crippen LogP contribution in [0.5, 0.6) is 0 Å². The van der Waals surface area contributed by atoms with E-state index in [2.05, 4.69) is 5.16 Å². The molecule has 0 bridgehead atoms. The molecule has 6 nitrogen and oxygen atoms in total. The summed E-state index contributed by atoms with van der Waals surface area (Å²) in [6.45, 7) is 3.75. The van der Waals surface area contributed by atoms with Crippen molar-refractivity contribution >= 4 is 20.9 Å². The maximum absolute atomic E-state index is 14.7. The van der Waals surface area contributed by atoms with Gasteiger partial charge in [-0.2, -0.15) is 0 Å². The van der Waals surface area contributed by atoms with E-state index < -0.39 is 15.7 Å². The van der Waals surface area contributed by atoms with Crippen LogP contribution in [0.3, 0.4) is 0 Å². The van der Waals surface area contributed by atoms with E-state index in [0.717, 1.165) is 46.1 Å². The number of pyridine rings is 1. The highest BCUT2D eigenvalue weighted by atomic mass is 32.2. The number of sulfone groups is 1. The second kappa shape index (κ2) is 7.55. The SMILES string of the molecule is Cc1noc(C)c1-c1cnc2c(CC3CCC3)cn(-c3ccc(S(C)(=O)=O)c(F)c3)c2c1. The number of nitrogens with zero attached hydrogens (tertiary/aromatic N) is 3. The van der Waals surface area contributed by atoms with Crippen LogP contribution in [0.4, 0.5) is 4.39 Å². The van der Waals surface area contributed by atoms with Crippen molar-refractivity contribution < 1.29 is 17.3 Å². The van der Waals surface area contributed by atoms with E-state index in [1.807, 2.05) is 36.9 Å². The third-order valence-electron chi connectivity index (χ3n) is 6.36. The van der Waals surface area contributed by atoms with E-state index in [0.29, 0.717) is 17.4 Å². The fraction of sp³-hybridized carbons (Fsp3) is 0.333. The molecule has 1 fully saturated rings. The van der Waals surface area contributed by atoms with Gasteiger partial charge in [0.05, 0.1) is 16.7 Å². The summed E-state index contributed by atoms with van der Waals surface area (Å²) in [5, 5.41) is 4.04. The summed E-state index contributed by atoms with van der Waals surface area (Å²) >= 11 is 0.